The maximum atomic E-state index is 12.1. The van der Waals surface area contributed by atoms with Gasteiger partial charge in [0.25, 0.3) is 0 Å². The summed E-state index contributed by atoms with van der Waals surface area (Å²) in [7, 11) is 0. The normalized spacial score (nSPS) is 15.4. The monoisotopic (exact) mass is 351 g/mol. The van der Waals surface area contributed by atoms with Crippen molar-refractivity contribution in [3.05, 3.63) is 48.8 Å². The summed E-state index contributed by atoms with van der Waals surface area (Å²) >= 11 is 0. The minimum atomic E-state index is 0.106. The Bertz CT molecular complexity index is 662. The van der Waals surface area contributed by atoms with Crippen molar-refractivity contribution in [2.45, 2.75) is 44.9 Å². The van der Waals surface area contributed by atoms with Gasteiger partial charge in [-0.05, 0) is 74.6 Å². The van der Waals surface area contributed by atoms with Gasteiger partial charge in [0, 0.05) is 24.5 Å². The molecule has 1 aromatic carbocycles. The van der Waals surface area contributed by atoms with Gasteiger partial charge in [0.1, 0.15) is 0 Å². The van der Waals surface area contributed by atoms with Crippen LogP contribution in [-0.2, 0) is 4.79 Å². The quantitative estimate of drug-likeness (QED) is 0.733. The zero-order valence-electron chi connectivity index (χ0n) is 15.5. The van der Waals surface area contributed by atoms with Crippen molar-refractivity contribution in [3.8, 4) is 11.1 Å². The zero-order valence-corrected chi connectivity index (χ0v) is 15.5. The predicted molar refractivity (Wildman–Crippen MR) is 107 cm³/mol. The number of unbranched alkanes of at least 4 members (excludes halogenated alkanes) is 1. The van der Waals surface area contributed by atoms with E-state index in [1.807, 2.05) is 42.6 Å². The van der Waals surface area contributed by atoms with Crippen LogP contribution in [0.2, 0.25) is 0 Å². The molecule has 26 heavy (non-hydrogen) atoms. The first kappa shape index (κ1) is 18.6. The average molecular weight is 351 g/mol. The first-order valence-corrected chi connectivity index (χ1v) is 9.84. The van der Waals surface area contributed by atoms with Crippen LogP contribution >= 0.6 is 0 Å². The summed E-state index contributed by atoms with van der Waals surface area (Å²) < 4.78 is 0. The number of carbonyl (C=O) groups is 1. The topological polar surface area (TPSA) is 45.2 Å². The summed E-state index contributed by atoms with van der Waals surface area (Å²) in [5.41, 5.74) is 3.04. The second-order valence-corrected chi connectivity index (χ2v) is 7.08. The van der Waals surface area contributed by atoms with E-state index in [0.717, 1.165) is 36.2 Å². The molecule has 0 atom stereocenters. The molecule has 4 heteroatoms. The molecule has 1 aliphatic rings. The van der Waals surface area contributed by atoms with Crippen molar-refractivity contribution in [3.63, 3.8) is 0 Å². The molecule has 0 radical (unpaired) electrons. The molecule has 4 nitrogen and oxygen atoms in total. The maximum absolute atomic E-state index is 12.1. The van der Waals surface area contributed by atoms with Gasteiger partial charge < -0.3 is 10.2 Å². The fraction of sp³-hybridized carbons (Fsp3) is 0.455. The van der Waals surface area contributed by atoms with Crippen molar-refractivity contribution in [1.29, 1.82) is 0 Å². The Morgan fingerprint density at radius 1 is 0.962 bits per heavy atom. The van der Waals surface area contributed by atoms with Gasteiger partial charge in [0.05, 0.1) is 0 Å². The van der Waals surface area contributed by atoms with E-state index >= 15 is 0 Å². The SMILES string of the molecule is O=C(CCCCN1CCCCCC1)Nc1ccc(-c2cccnc2)cc1. The molecule has 1 N–H and O–H groups in total. The average Bonchev–Trinajstić information content (AvgIpc) is 2.95. The van der Waals surface area contributed by atoms with Gasteiger partial charge in [0.15, 0.2) is 0 Å². The first-order chi connectivity index (χ1) is 12.8. The predicted octanol–water partition coefficient (Wildman–Crippen LogP) is 4.73. The van der Waals surface area contributed by atoms with Gasteiger partial charge in [0.2, 0.25) is 5.91 Å². The van der Waals surface area contributed by atoms with Crippen molar-refractivity contribution < 1.29 is 4.79 Å². The van der Waals surface area contributed by atoms with Crippen LogP contribution in [0.15, 0.2) is 48.8 Å². The number of hydrogen-bond acceptors (Lipinski definition) is 3. The number of nitrogens with one attached hydrogen (secondary N) is 1. The number of carbonyl (C=O) groups excluding carboxylic acids is 1. The Labute approximate surface area is 156 Å². The third kappa shape index (κ3) is 5.95. The highest BCUT2D eigenvalue weighted by atomic mass is 16.1. The van der Waals surface area contributed by atoms with E-state index in [1.165, 1.54) is 38.8 Å². The smallest absolute Gasteiger partial charge is 0.224 e. The van der Waals surface area contributed by atoms with E-state index in [0.29, 0.717) is 6.42 Å². The highest BCUT2D eigenvalue weighted by Crippen LogP contribution is 2.20. The number of likely N-dealkylation sites (tertiary alicyclic amines) is 1. The Hall–Kier alpha value is -2.20. The number of aromatic nitrogens is 1. The van der Waals surface area contributed by atoms with Gasteiger partial charge in [-0.15, -0.1) is 0 Å². The van der Waals surface area contributed by atoms with E-state index in [4.69, 9.17) is 0 Å². The lowest BCUT2D eigenvalue weighted by atomic mass is 10.1. The van der Waals surface area contributed by atoms with Gasteiger partial charge in [-0.1, -0.05) is 31.0 Å². The van der Waals surface area contributed by atoms with E-state index in [1.54, 1.807) is 6.20 Å². The summed E-state index contributed by atoms with van der Waals surface area (Å²) in [5.74, 6) is 0.106. The van der Waals surface area contributed by atoms with Gasteiger partial charge in [-0.3, -0.25) is 9.78 Å². The second-order valence-electron chi connectivity index (χ2n) is 7.08. The molecule has 0 unspecified atom stereocenters. The van der Waals surface area contributed by atoms with E-state index in [2.05, 4.69) is 15.2 Å². The lowest BCUT2D eigenvalue weighted by Crippen LogP contribution is -2.25. The van der Waals surface area contributed by atoms with Crippen LogP contribution in [0.4, 0.5) is 5.69 Å². The Morgan fingerprint density at radius 3 is 2.42 bits per heavy atom. The van der Waals surface area contributed by atoms with Crippen LogP contribution in [0.25, 0.3) is 11.1 Å². The molecule has 1 saturated heterocycles. The van der Waals surface area contributed by atoms with E-state index < -0.39 is 0 Å². The third-order valence-corrected chi connectivity index (χ3v) is 4.99. The van der Waals surface area contributed by atoms with Crippen LogP contribution in [-0.4, -0.2) is 35.4 Å². The van der Waals surface area contributed by atoms with Crippen LogP contribution in [0.1, 0.15) is 44.9 Å². The molecule has 1 amide bonds. The molecule has 3 rings (SSSR count). The largest absolute Gasteiger partial charge is 0.326 e. The van der Waals surface area contributed by atoms with E-state index in [-0.39, 0.29) is 5.91 Å². The number of nitrogens with zero attached hydrogens (tertiary/aromatic N) is 2. The number of benzene rings is 1. The number of pyridine rings is 1. The summed E-state index contributed by atoms with van der Waals surface area (Å²) in [6.45, 7) is 3.60. The van der Waals surface area contributed by atoms with Crippen molar-refractivity contribution >= 4 is 11.6 Å². The molecular weight excluding hydrogens is 322 g/mol. The Morgan fingerprint density at radius 2 is 1.73 bits per heavy atom. The van der Waals surface area contributed by atoms with Gasteiger partial charge in [-0.25, -0.2) is 0 Å². The molecule has 0 saturated carbocycles. The fourth-order valence-corrected chi connectivity index (χ4v) is 3.48. The molecule has 0 spiro atoms. The summed E-state index contributed by atoms with van der Waals surface area (Å²) in [5, 5.41) is 3.00. The van der Waals surface area contributed by atoms with Gasteiger partial charge >= 0.3 is 0 Å². The molecule has 2 heterocycles. The minimum Gasteiger partial charge on any atom is -0.326 e. The summed E-state index contributed by atoms with van der Waals surface area (Å²) in [4.78, 5) is 18.8. The number of amides is 1. The summed E-state index contributed by atoms with van der Waals surface area (Å²) in [6, 6.07) is 11.9. The number of rotatable bonds is 7. The maximum Gasteiger partial charge on any atom is 0.224 e. The highest BCUT2D eigenvalue weighted by molar-refractivity contribution is 5.90. The van der Waals surface area contributed by atoms with Crippen LogP contribution in [0.3, 0.4) is 0 Å². The van der Waals surface area contributed by atoms with Crippen molar-refractivity contribution in [2.24, 2.45) is 0 Å². The summed E-state index contributed by atoms with van der Waals surface area (Å²) in [6.07, 6.45) is 11.7. The molecule has 1 fully saturated rings. The first-order valence-electron chi connectivity index (χ1n) is 9.84. The van der Waals surface area contributed by atoms with Crippen molar-refractivity contribution in [1.82, 2.24) is 9.88 Å². The Balaban J connectivity index is 1.38. The molecule has 0 aliphatic carbocycles. The highest BCUT2D eigenvalue weighted by Gasteiger charge is 2.09. The van der Waals surface area contributed by atoms with Crippen LogP contribution < -0.4 is 5.32 Å². The zero-order chi connectivity index (χ0) is 18.0. The Kier molecular flexibility index (Phi) is 7.20. The van der Waals surface area contributed by atoms with Crippen LogP contribution in [0.5, 0.6) is 0 Å². The minimum absolute atomic E-state index is 0.106. The van der Waals surface area contributed by atoms with Crippen molar-refractivity contribution in [2.75, 3.05) is 25.0 Å². The standard InChI is InChI=1S/C22H29N3O/c26-22(9-3-6-17-25-15-4-1-2-5-16-25)24-21-12-10-19(11-13-21)20-8-7-14-23-18-20/h7-8,10-14,18H,1-6,9,15-17H2,(H,24,26). The molecule has 1 aromatic heterocycles. The lowest BCUT2D eigenvalue weighted by Gasteiger charge is -2.19. The molecular formula is C22H29N3O. The molecule has 1 aliphatic heterocycles. The lowest BCUT2D eigenvalue weighted by molar-refractivity contribution is -0.116. The number of hydrogen-bond donors (Lipinski definition) is 1. The van der Waals surface area contributed by atoms with Gasteiger partial charge in [-0.2, -0.15) is 0 Å². The number of anilines is 1. The molecule has 138 valence electrons. The molecule has 2 aromatic rings. The van der Waals surface area contributed by atoms with E-state index in [9.17, 15) is 4.79 Å². The fourth-order valence-electron chi connectivity index (χ4n) is 3.48. The van der Waals surface area contributed by atoms with Crippen LogP contribution in [0, 0.1) is 0 Å². The second kappa shape index (κ2) is 10.1. The molecule has 0 bridgehead atoms. The third-order valence-electron chi connectivity index (χ3n) is 4.99.